The molecule has 1 aliphatic heterocycles. The Morgan fingerprint density at radius 3 is 2.42 bits per heavy atom. The number of urea groups is 1. The van der Waals surface area contributed by atoms with Crippen LogP contribution in [0.25, 0.3) is 0 Å². The van der Waals surface area contributed by atoms with E-state index in [0.717, 1.165) is 28.1 Å². The highest BCUT2D eigenvalue weighted by Gasteiger charge is 2.27. The minimum Gasteiger partial charge on any atom is -0.307 e. The monoisotopic (exact) mass is 446 g/mol. The second-order valence-corrected chi connectivity index (χ2v) is 9.55. The summed E-state index contributed by atoms with van der Waals surface area (Å²) in [6, 6.07) is 13.2. The summed E-state index contributed by atoms with van der Waals surface area (Å²) in [6.07, 6.45) is 0. The van der Waals surface area contributed by atoms with Crippen LogP contribution >= 0.6 is 0 Å². The zero-order valence-corrected chi connectivity index (χ0v) is 19.7. The first-order chi connectivity index (χ1) is 15.6. The summed E-state index contributed by atoms with van der Waals surface area (Å²) in [5.74, 6) is 0.343. The summed E-state index contributed by atoms with van der Waals surface area (Å²) >= 11 is 0. The van der Waals surface area contributed by atoms with Crippen LogP contribution in [0.3, 0.4) is 0 Å². The number of fused-ring (bicyclic) bond motifs is 1. The lowest BCUT2D eigenvalue weighted by molar-refractivity contribution is 0.102. The predicted octanol–water partition coefficient (Wildman–Crippen LogP) is 4.63. The molecule has 0 bridgehead atoms. The molecule has 3 amide bonds. The molecule has 2 heterocycles. The van der Waals surface area contributed by atoms with Crippen LogP contribution in [-0.2, 0) is 18.5 Å². The Hall–Kier alpha value is -3.65. The highest BCUT2D eigenvalue weighted by molar-refractivity contribution is 6.04. The average Bonchev–Trinajstić information content (AvgIpc) is 3.31. The SMILES string of the molecule is Cc1ccc(C)c(NC(=O)NN2Cc3n[nH]c(NC(=O)c4ccc(C(C)(C)C)cc4)c3C2)c1. The summed E-state index contributed by atoms with van der Waals surface area (Å²) in [4.78, 5) is 25.2. The lowest BCUT2D eigenvalue weighted by atomic mass is 9.87. The van der Waals surface area contributed by atoms with E-state index in [2.05, 4.69) is 47.0 Å². The number of rotatable bonds is 4. The van der Waals surface area contributed by atoms with Gasteiger partial charge >= 0.3 is 6.03 Å². The number of aromatic amines is 1. The molecule has 3 aromatic rings. The number of carbonyl (C=O) groups excluding carboxylic acids is 2. The molecular formula is C25H30N6O2. The normalized spacial score (nSPS) is 13.5. The van der Waals surface area contributed by atoms with Gasteiger partial charge in [0.15, 0.2) is 0 Å². The maximum atomic E-state index is 12.7. The van der Waals surface area contributed by atoms with Gasteiger partial charge in [0.1, 0.15) is 5.82 Å². The number of carbonyl (C=O) groups is 2. The van der Waals surface area contributed by atoms with Crippen LogP contribution in [0.1, 0.15) is 59.1 Å². The molecule has 0 fully saturated rings. The number of aromatic nitrogens is 2. The Morgan fingerprint density at radius 1 is 1.00 bits per heavy atom. The van der Waals surface area contributed by atoms with Gasteiger partial charge in [-0.15, -0.1) is 0 Å². The van der Waals surface area contributed by atoms with Crippen LogP contribution in [-0.4, -0.2) is 27.1 Å². The van der Waals surface area contributed by atoms with Gasteiger partial charge in [0.2, 0.25) is 0 Å². The lowest BCUT2D eigenvalue weighted by Gasteiger charge is -2.19. The largest absolute Gasteiger partial charge is 0.333 e. The summed E-state index contributed by atoms with van der Waals surface area (Å²) in [5.41, 5.74) is 9.12. The number of hydrogen-bond donors (Lipinski definition) is 4. The van der Waals surface area contributed by atoms with Gasteiger partial charge in [-0.1, -0.05) is 45.0 Å². The summed E-state index contributed by atoms with van der Waals surface area (Å²) in [6.45, 7) is 11.2. The minimum absolute atomic E-state index is 0.0278. The second kappa shape index (κ2) is 8.71. The summed E-state index contributed by atoms with van der Waals surface area (Å²) < 4.78 is 0. The molecule has 172 valence electrons. The second-order valence-electron chi connectivity index (χ2n) is 9.55. The zero-order chi connectivity index (χ0) is 23.8. The molecule has 0 aliphatic carbocycles. The number of H-pyrrole nitrogens is 1. The fourth-order valence-electron chi connectivity index (χ4n) is 3.79. The predicted molar refractivity (Wildman–Crippen MR) is 129 cm³/mol. The molecule has 4 N–H and O–H groups in total. The molecule has 0 radical (unpaired) electrons. The maximum Gasteiger partial charge on any atom is 0.333 e. The van der Waals surface area contributed by atoms with Crippen LogP contribution in [0.4, 0.5) is 16.3 Å². The van der Waals surface area contributed by atoms with Crippen LogP contribution in [0.2, 0.25) is 0 Å². The van der Waals surface area contributed by atoms with Gasteiger partial charge in [-0.2, -0.15) is 5.10 Å². The molecule has 0 unspecified atom stereocenters. The van der Waals surface area contributed by atoms with Crippen LogP contribution in [0.5, 0.6) is 0 Å². The topological polar surface area (TPSA) is 102 Å². The summed E-state index contributed by atoms with van der Waals surface area (Å²) in [7, 11) is 0. The van der Waals surface area contributed by atoms with Gasteiger partial charge < -0.3 is 10.6 Å². The number of benzene rings is 2. The van der Waals surface area contributed by atoms with Gasteiger partial charge in [-0.3, -0.25) is 15.3 Å². The molecular weight excluding hydrogens is 416 g/mol. The van der Waals surface area contributed by atoms with Crippen molar-refractivity contribution in [2.75, 3.05) is 10.6 Å². The fraction of sp³-hybridized carbons (Fsp3) is 0.320. The lowest BCUT2D eigenvalue weighted by Crippen LogP contribution is -2.41. The average molecular weight is 447 g/mol. The zero-order valence-electron chi connectivity index (χ0n) is 19.7. The van der Waals surface area contributed by atoms with Crippen LogP contribution in [0.15, 0.2) is 42.5 Å². The first-order valence-corrected chi connectivity index (χ1v) is 11.0. The van der Waals surface area contributed by atoms with Crippen LogP contribution in [0, 0.1) is 13.8 Å². The number of hydrazine groups is 1. The van der Waals surface area contributed by atoms with E-state index in [9.17, 15) is 9.59 Å². The molecule has 1 aliphatic rings. The first-order valence-electron chi connectivity index (χ1n) is 11.0. The molecule has 8 heteroatoms. The van der Waals surface area contributed by atoms with E-state index < -0.39 is 0 Å². The van der Waals surface area contributed by atoms with Gasteiger partial charge in [0.25, 0.3) is 5.91 Å². The van der Waals surface area contributed by atoms with Crippen molar-refractivity contribution in [1.29, 1.82) is 0 Å². The van der Waals surface area contributed by atoms with Crippen LogP contribution < -0.4 is 16.1 Å². The molecule has 4 rings (SSSR count). The number of amides is 3. The Bertz CT molecular complexity index is 1190. The molecule has 0 saturated carbocycles. The van der Waals surface area contributed by atoms with Crippen molar-refractivity contribution in [2.24, 2.45) is 0 Å². The van der Waals surface area contributed by atoms with Crippen molar-refractivity contribution >= 4 is 23.4 Å². The third kappa shape index (κ3) is 5.06. The molecule has 0 spiro atoms. The van der Waals surface area contributed by atoms with Crippen molar-refractivity contribution in [3.63, 3.8) is 0 Å². The number of aryl methyl sites for hydroxylation is 2. The van der Waals surface area contributed by atoms with E-state index in [1.54, 1.807) is 5.01 Å². The Kier molecular flexibility index (Phi) is 5.95. The number of hydrogen-bond acceptors (Lipinski definition) is 4. The van der Waals surface area contributed by atoms with Gasteiger partial charge in [0.05, 0.1) is 12.2 Å². The van der Waals surface area contributed by atoms with E-state index in [1.165, 1.54) is 5.56 Å². The van der Waals surface area contributed by atoms with E-state index >= 15 is 0 Å². The van der Waals surface area contributed by atoms with E-state index in [0.29, 0.717) is 24.5 Å². The number of anilines is 2. The smallest absolute Gasteiger partial charge is 0.307 e. The minimum atomic E-state index is -0.317. The quantitative estimate of drug-likeness (QED) is 0.469. The Balaban J connectivity index is 1.37. The van der Waals surface area contributed by atoms with E-state index in [1.807, 2.05) is 56.3 Å². The van der Waals surface area contributed by atoms with Gasteiger partial charge in [0, 0.05) is 23.4 Å². The highest BCUT2D eigenvalue weighted by Crippen LogP contribution is 2.27. The van der Waals surface area contributed by atoms with Gasteiger partial charge in [-0.25, -0.2) is 9.80 Å². The highest BCUT2D eigenvalue weighted by atomic mass is 16.2. The Morgan fingerprint density at radius 2 is 1.73 bits per heavy atom. The molecule has 1 aromatic heterocycles. The molecule has 0 atom stereocenters. The molecule has 0 saturated heterocycles. The standard InChI is InChI=1S/C25H30N6O2/c1-15-6-7-16(2)20(12-15)26-24(33)30-31-13-19-21(14-31)28-29-22(19)27-23(32)17-8-10-18(11-9-17)25(3,4)5/h6-12H,13-14H2,1-5H3,(H2,26,30,33)(H2,27,28,29,32). The number of nitrogens with zero attached hydrogens (tertiary/aromatic N) is 2. The molecule has 33 heavy (non-hydrogen) atoms. The first kappa shape index (κ1) is 22.5. The van der Waals surface area contributed by atoms with Crippen molar-refractivity contribution < 1.29 is 9.59 Å². The fourth-order valence-corrected chi connectivity index (χ4v) is 3.79. The third-order valence-corrected chi connectivity index (χ3v) is 5.79. The van der Waals surface area contributed by atoms with Crippen molar-refractivity contribution in [1.82, 2.24) is 20.6 Å². The van der Waals surface area contributed by atoms with E-state index in [-0.39, 0.29) is 17.4 Å². The van der Waals surface area contributed by atoms with E-state index in [4.69, 9.17) is 0 Å². The summed E-state index contributed by atoms with van der Waals surface area (Å²) in [5, 5.41) is 14.8. The number of nitrogens with one attached hydrogen (secondary N) is 4. The Labute approximate surface area is 193 Å². The van der Waals surface area contributed by atoms with Crippen molar-refractivity contribution in [2.45, 2.75) is 53.1 Å². The third-order valence-electron chi connectivity index (χ3n) is 5.79. The molecule has 2 aromatic carbocycles. The maximum absolute atomic E-state index is 12.7. The van der Waals surface area contributed by atoms with Gasteiger partial charge in [-0.05, 0) is 54.2 Å². The van der Waals surface area contributed by atoms with Crippen molar-refractivity contribution in [3.05, 3.63) is 76.0 Å². The van der Waals surface area contributed by atoms with Crippen molar-refractivity contribution in [3.8, 4) is 0 Å². The molecule has 8 nitrogen and oxygen atoms in total.